The van der Waals surface area contributed by atoms with Crippen LogP contribution in [0.4, 0.5) is 11.4 Å². The number of phenols is 2. The van der Waals surface area contributed by atoms with Crippen molar-refractivity contribution in [1.29, 1.82) is 0 Å². The molecule has 0 fully saturated rings. The van der Waals surface area contributed by atoms with Gasteiger partial charge in [0.1, 0.15) is 28.7 Å². The standard InChI is InChI=1S/C46H30N2O4/c47-40-25-22-36(29-42(40)49)51-44-27-21-34(19-16-31-10-4-1-5-11-31)45-39(44)28-35(20-17-32-12-6-2-7-13-32)38(24-18-33-14-8-3-9-15-33)46(45)52-37-23-26-41(48)43(50)30-37/h1-15,21-23,25-30,49-50H,47-48H2. The summed E-state index contributed by atoms with van der Waals surface area (Å²) >= 11 is 0. The van der Waals surface area contributed by atoms with E-state index in [2.05, 4.69) is 35.5 Å². The molecule has 0 unspecified atom stereocenters. The van der Waals surface area contributed by atoms with Crippen molar-refractivity contribution in [2.75, 3.05) is 11.5 Å². The van der Waals surface area contributed by atoms with E-state index in [0.717, 1.165) is 16.7 Å². The predicted molar refractivity (Wildman–Crippen MR) is 206 cm³/mol. The molecule has 0 heterocycles. The topological polar surface area (TPSA) is 111 Å². The first kappa shape index (κ1) is 32.8. The molecule has 0 aliphatic rings. The van der Waals surface area contributed by atoms with Crippen molar-refractivity contribution < 1.29 is 19.7 Å². The quantitative estimate of drug-likeness (QED) is 0.0842. The van der Waals surface area contributed by atoms with Gasteiger partial charge < -0.3 is 31.2 Å². The lowest BCUT2D eigenvalue weighted by molar-refractivity contribution is 0.456. The van der Waals surface area contributed by atoms with Gasteiger partial charge >= 0.3 is 0 Å². The number of nitrogen functional groups attached to an aromatic ring is 2. The maximum absolute atomic E-state index is 10.6. The summed E-state index contributed by atoms with van der Waals surface area (Å²) in [4.78, 5) is 0. The SMILES string of the molecule is Nc1ccc(Oc2ccc(C#Cc3ccccc3)c3c(Oc4ccc(N)c(O)c4)c(C#Cc4ccccc4)c(C#Cc4ccccc4)cc23)cc1O. The molecule has 0 spiro atoms. The third kappa shape index (κ3) is 7.46. The molecule has 6 N–H and O–H groups in total. The summed E-state index contributed by atoms with van der Waals surface area (Å²) in [6.07, 6.45) is 0. The Balaban J connectivity index is 1.56. The number of ether oxygens (including phenoxy) is 2. The lowest BCUT2D eigenvalue weighted by Crippen LogP contribution is -1.99. The van der Waals surface area contributed by atoms with E-state index in [4.69, 9.17) is 20.9 Å². The summed E-state index contributed by atoms with van der Waals surface area (Å²) < 4.78 is 13.1. The number of fused-ring (bicyclic) bond motifs is 1. The van der Waals surface area contributed by atoms with Gasteiger partial charge in [0.15, 0.2) is 5.75 Å². The summed E-state index contributed by atoms with van der Waals surface area (Å²) in [5.74, 6) is 21.1. The lowest BCUT2D eigenvalue weighted by atomic mass is 9.94. The number of benzene rings is 7. The zero-order valence-corrected chi connectivity index (χ0v) is 27.7. The summed E-state index contributed by atoms with van der Waals surface area (Å²) in [6, 6.07) is 43.9. The fourth-order valence-electron chi connectivity index (χ4n) is 5.37. The van der Waals surface area contributed by atoms with Gasteiger partial charge in [-0.1, -0.05) is 90.1 Å². The van der Waals surface area contributed by atoms with E-state index in [-0.39, 0.29) is 22.9 Å². The minimum atomic E-state index is -0.130. The highest BCUT2D eigenvalue weighted by atomic mass is 16.5. The molecule has 52 heavy (non-hydrogen) atoms. The molecule has 0 atom stereocenters. The maximum atomic E-state index is 10.6. The first-order valence-electron chi connectivity index (χ1n) is 16.3. The van der Waals surface area contributed by atoms with Crippen LogP contribution in [-0.2, 0) is 0 Å². The first-order chi connectivity index (χ1) is 25.4. The third-order valence-corrected chi connectivity index (χ3v) is 8.01. The molecule has 6 heteroatoms. The van der Waals surface area contributed by atoms with Crippen LogP contribution in [0.3, 0.4) is 0 Å². The van der Waals surface area contributed by atoms with Crippen molar-refractivity contribution in [2.45, 2.75) is 0 Å². The molecule has 0 aromatic heterocycles. The predicted octanol–water partition coefficient (Wildman–Crippen LogP) is 9.20. The molecule has 0 bridgehead atoms. The van der Waals surface area contributed by atoms with E-state index in [1.165, 1.54) is 12.1 Å². The van der Waals surface area contributed by atoms with Gasteiger partial charge in [-0.3, -0.25) is 0 Å². The molecule has 0 saturated heterocycles. The molecule has 6 nitrogen and oxygen atoms in total. The average molecular weight is 675 g/mol. The molecule has 0 aliphatic carbocycles. The molecule has 0 aliphatic heterocycles. The Morgan fingerprint density at radius 3 is 1.44 bits per heavy atom. The van der Waals surface area contributed by atoms with E-state index in [1.807, 2.05) is 109 Å². The highest BCUT2D eigenvalue weighted by Gasteiger charge is 2.21. The van der Waals surface area contributed by atoms with E-state index in [1.54, 1.807) is 24.3 Å². The van der Waals surface area contributed by atoms with Crippen molar-refractivity contribution in [3.63, 3.8) is 0 Å². The van der Waals surface area contributed by atoms with Crippen LogP contribution in [0.5, 0.6) is 34.5 Å². The number of rotatable bonds is 4. The second-order valence-corrected chi connectivity index (χ2v) is 11.7. The largest absolute Gasteiger partial charge is 0.506 e. The Morgan fingerprint density at radius 2 is 0.923 bits per heavy atom. The second-order valence-electron chi connectivity index (χ2n) is 11.7. The maximum Gasteiger partial charge on any atom is 0.153 e. The van der Waals surface area contributed by atoms with Gasteiger partial charge in [-0.25, -0.2) is 0 Å². The Labute approximate surface area is 301 Å². The molecule has 0 saturated carbocycles. The highest BCUT2D eigenvalue weighted by Crippen LogP contribution is 2.43. The van der Waals surface area contributed by atoms with Gasteiger partial charge in [0.05, 0.1) is 16.9 Å². The van der Waals surface area contributed by atoms with Crippen molar-refractivity contribution in [3.05, 3.63) is 179 Å². The fraction of sp³-hybridized carbons (Fsp3) is 0. The van der Waals surface area contributed by atoms with Crippen LogP contribution in [0.1, 0.15) is 33.4 Å². The van der Waals surface area contributed by atoms with Crippen molar-refractivity contribution >= 4 is 22.1 Å². The molecular formula is C46H30N2O4. The second kappa shape index (κ2) is 14.8. The Morgan fingerprint density at radius 1 is 0.442 bits per heavy atom. The fourth-order valence-corrected chi connectivity index (χ4v) is 5.37. The Bertz CT molecular complexity index is 2620. The molecular weight excluding hydrogens is 645 g/mol. The zero-order chi connectivity index (χ0) is 35.9. The van der Waals surface area contributed by atoms with E-state index >= 15 is 0 Å². The molecule has 248 valence electrons. The number of anilines is 2. The molecule has 7 aromatic rings. The summed E-state index contributed by atoms with van der Waals surface area (Å²) in [5.41, 5.74) is 16.4. The van der Waals surface area contributed by atoms with Crippen LogP contribution in [-0.4, -0.2) is 10.2 Å². The number of nitrogens with two attached hydrogens (primary N) is 2. The normalized spacial score (nSPS) is 10.2. The molecule has 0 radical (unpaired) electrons. The van der Waals surface area contributed by atoms with Crippen LogP contribution >= 0.6 is 0 Å². The van der Waals surface area contributed by atoms with Crippen LogP contribution in [0.25, 0.3) is 10.8 Å². The molecule has 7 aromatic carbocycles. The van der Waals surface area contributed by atoms with Gasteiger partial charge in [-0.15, -0.1) is 0 Å². The number of aromatic hydroxyl groups is 2. The van der Waals surface area contributed by atoms with Crippen LogP contribution < -0.4 is 20.9 Å². The smallest absolute Gasteiger partial charge is 0.153 e. The van der Waals surface area contributed by atoms with Gasteiger partial charge in [-0.05, 0) is 78.9 Å². The zero-order valence-electron chi connectivity index (χ0n) is 27.7. The van der Waals surface area contributed by atoms with Gasteiger partial charge in [0.2, 0.25) is 0 Å². The number of hydrogen-bond donors (Lipinski definition) is 4. The summed E-state index contributed by atoms with van der Waals surface area (Å²) in [6.45, 7) is 0. The van der Waals surface area contributed by atoms with E-state index in [9.17, 15) is 10.2 Å². The number of hydrogen-bond acceptors (Lipinski definition) is 6. The summed E-state index contributed by atoms with van der Waals surface area (Å²) in [7, 11) is 0. The number of phenolic OH excluding ortho intramolecular Hbond substituents is 2. The Kier molecular flexibility index (Phi) is 9.34. The molecule has 0 amide bonds. The van der Waals surface area contributed by atoms with E-state index in [0.29, 0.717) is 50.5 Å². The minimum absolute atomic E-state index is 0.104. The highest BCUT2D eigenvalue weighted by molar-refractivity contribution is 6.01. The molecule has 7 rings (SSSR count). The monoisotopic (exact) mass is 674 g/mol. The first-order valence-corrected chi connectivity index (χ1v) is 16.3. The Hall–Kier alpha value is -7.72. The van der Waals surface area contributed by atoms with Crippen LogP contribution in [0.2, 0.25) is 0 Å². The van der Waals surface area contributed by atoms with Gasteiger partial charge in [-0.2, -0.15) is 0 Å². The van der Waals surface area contributed by atoms with E-state index < -0.39 is 0 Å². The van der Waals surface area contributed by atoms with Gasteiger partial charge in [0.25, 0.3) is 0 Å². The van der Waals surface area contributed by atoms with Crippen LogP contribution in [0.15, 0.2) is 146 Å². The summed E-state index contributed by atoms with van der Waals surface area (Å²) in [5, 5.41) is 22.2. The van der Waals surface area contributed by atoms with Crippen LogP contribution in [0, 0.1) is 35.5 Å². The lowest BCUT2D eigenvalue weighted by Gasteiger charge is -2.18. The van der Waals surface area contributed by atoms with Crippen molar-refractivity contribution in [3.8, 4) is 70.0 Å². The minimum Gasteiger partial charge on any atom is -0.506 e. The van der Waals surface area contributed by atoms with Crippen molar-refractivity contribution in [1.82, 2.24) is 0 Å². The van der Waals surface area contributed by atoms with Crippen molar-refractivity contribution in [2.24, 2.45) is 0 Å². The van der Waals surface area contributed by atoms with Gasteiger partial charge in [0, 0.05) is 50.7 Å². The average Bonchev–Trinajstić information content (AvgIpc) is 3.17. The third-order valence-electron chi connectivity index (χ3n) is 8.01.